The number of ketones is 1. The Labute approximate surface area is 93.0 Å². The van der Waals surface area contributed by atoms with Crippen molar-refractivity contribution in [3.05, 3.63) is 17.5 Å². The van der Waals surface area contributed by atoms with E-state index in [-0.39, 0.29) is 12.2 Å². The molecule has 0 aromatic carbocycles. The fourth-order valence-electron chi connectivity index (χ4n) is 1.84. The number of carbonyl (C=O) groups is 1. The lowest BCUT2D eigenvalue weighted by atomic mass is 9.99. The molecule has 0 amide bonds. The van der Waals surface area contributed by atoms with Crippen LogP contribution in [0.3, 0.4) is 0 Å². The second-order valence-corrected chi connectivity index (χ2v) is 7.14. The Hall–Kier alpha value is -0.680. The Kier molecular flexibility index (Phi) is 2.93. The monoisotopic (exact) mass is 244 g/mol. The van der Waals surface area contributed by atoms with Crippen LogP contribution in [0.2, 0.25) is 0 Å². The molecule has 0 bridgehead atoms. The van der Waals surface area contributed by atoms with Crippen molar-refractivity contribution >= 4 is 27.0 Å². The largest absolute Gasteiger partial charge is 0.300 e. The van der Waals surface area contributed by atoms with Crippen LogP contribution in [0.4, 0.5) is 0 Å². The molecule has 0 saturated heterocycles. The van der Waals surface area contributed by atoms with Crippen molar-refractivity contribution in [1.82, 2.24) is 0 Å². The van der Waals surface area contributed by atoms with Gasteiger partial charge in [-0.1, -0.05) is 6.07 Å². The average Bonchev–Trinajstić information content (AvgIpc) is 2.71. The fourth-order valence-corrected chi connectivity index (χ4v) is 4.88. The maximum Gasteiger partial charge on any atom is 0.191 e. The average molecular weight is 244 g/mol. The molecule has 3 nitrogen and oxygen atoms in total. The minimum absolute atomic E-state index is 0.0754. The van der Waals surface area contributed by atoms with Crippen LogP contribution in [0.5, 0.6) is 0 Å². The van der Waals surface area contributed by atoms with Crippen LogP contribution in [0.1, 0.15) is 25.7 Å². The molecule has 1 saturated carbocycles. The number of hydrogen-bond donors (Lipinski definition) is 0. The molecule has 1 unspecified atom stereocenters. The predicted octanol–water partition coefficient (Wildman–Crippen LogP) is 2.03. The van der Waals surface area contributed by atoms with E-state index in [9.17, 15) is 13.2 Å². The molecular weight excluding hydrogens is 232 g/mol. The highest BCUT2D eigenvalue weighted by molar-refractivity contribution is 7.94. The molecule has 1 fully saturated rings. The third-order valence-corrected chi connectivity index (χ3v) is 6.28. The minimum atomic E-state index is -3.25. The topological polar surface area (TPSA) is 51.2 Å². The summed E-state index contributed by atoms with van der Waals surface area (Å²) in [5, 5.41) is 1.26. The third-order valence-electron chi connectivity index (χ3n) is 2.65. The van der Waals surface area contributed by atoms with Crippen LogP contribution in [-0.2, 0) is 14.6 Å². The van der Waals surface area contributed by atoms with E-state index in [1.165, 1.54) is 11.3 Å². The van der Waals surface area contributed by atoms with Gasteiger partial charge in [0.15, 0.2) is 9.84 Å². The Morgan fingerprint density at radius 1 is 1.40 bits per heavy atom. The normalized spacial score (nSPS) is 22.9. The molecule has 1 aromatic heterocycles. The first-order chi connectivity index (χ1) is 7.10. The molecule has 2 rings (SSSR count). The molecule has 82 valence electrons. The van der Waals surface area contributed by atoms with Crippen molar-refractivity contribution in [2.45, 2.75) is 35.1 Å². The Bertz CT molecular complexity index is 445. The molecule has 0 spiro atoms. The van der Waals surface area contributed by atoms with Crippen LogP contribution in [0.25, 0.3) is 0 Å². The number of hydrogen-bond acceptors (Lipinski definition) is 4. The quantitative estimate of drug-likeness (QED) is 0.800. The van der Waals surface area contributed by atoms with Crippen LogP contribution in [-0.4, -0.2) is 19.5 Å². The summed E-state index contributed by atoms with van der Waals surface area (Å²) in [6.45, 7) is 0. The molecule has 0 radical (unpaired) electrons. The van der Waals surface area contributed by atoms with Gasteiger partial charge in [0.25, 0.3) is 0 Å². The Morgan fingerprint density at radius 3 is 2.80 bits per heavy atom. The van der Waals surface area contributed by atoms with Gasteiger partial charge in [-0.15, -0.1) is 11.3 Å². The van der Waals surface area contributed by atoms with Crippen LogP contribution < -0.4 is 0 Å². The summed E-state index contributed by atoms with van der Waals surface area (Å²) in [4.78, 5) is 11.2. The molecule has 1 aliphatic carbocycles. The van der Waals surface area contributed by atoms with Gasteiger partial charge in [0.1, 0.15) is 9.99 Å². The van der Waals surface area contributed by atoms with Crippen molar-refractivity contribution in [1.29, 1.82) is 0 Å². The maximum absolute atomic E-state index is 12.1. The number of sulfone groups is 1. The Balaban J connectivity index is 2.26. The number of thiophene rings is 1. The van der Waals surface area contributed by atoms with Crippen molar-refractivity contribution in [2.24, 2.45) is 0 Å². The fraction of sp³-hybridized carbons (Fsp3) is 0.500. The summed E-state index contributed by atoms with van der Waals surface area (Å²) in [6.07, 6.45) is 2.05. The second kappa shape index (κ2) is 4.06. The lowest BCUT2D eigenvalue weighted by molar-refractivity contribution is -0.120. The molecule has 1 heterocycles. The zero-order valence-electron chi connectivity index (χ0n) is 8.18. The van der Waals surface area contributed by atoms with E-state index in [2.05, 4.69) is 0 Å². The van der Waals surface area contributed by atoms with E-state index in [0.717, 1.165) is 0 Å². The highest BCUT2D eigenvalue weighted by atomic mass is 32.2. The zero-order chi connectivity index (χ0) is 10.9. The number of rotatable bonds is 2. The third kappa shape index (κ3) is 2.13. The van der Waals surface area contributed by atoms with Gasteiger partial charge in [0.2, 0.25) is 0 Å². The molecule has 0 aliphatic heterocycles. The van der Waals surface area contributed by atoms with Gasteiger partial charge in [0, 0.05) is 12.8 Å². The van der Waals surface area contributed by atoms with E-state index in [1.807, 2.05) is 0 Å². The lowest BCUT2D eigenvalue weighted by Crippen LogP contribution is -2.27. The van der Waals surface area contributed by atoms with Crippen molar-refractivity contribution < 1.29 is 13.2 Å². The minimum Gasteiger partial charge on any atom is -0.300 e. The molecule has 1 aliphatic rings. The first-order valence-corrected chi connectivity index (χ1v) is 7.32. The smallest absolute Gasteiger partial charge is 0.191 e. The van der Waals surface area contributed by atoms with Gasteiger partial charge in [-0.05, 0) is 24.3 Å². The highest BCUT2D eigenvalue weighted by Crippen LogP contribution is 2.29. The van der Waals surface area contributed by atoms with E-state index < -0.39 is 15.1 Å². The van der Waals surface area contributed by atoms with Crippen molar-refractivity contribution in [2.75, 3.05) is 0 Å². The second-order valence-electron chi connectivity index (χ2n) is 3.73. The first-order valence-electron chi connectivity index (χ1n) is 4.90. The number of Topliss-reactive ketones (excluding diaryl/α,β-unsaturated/α-hetero) is 1. The summed E-state index contributed by atoms with van der Waals surface area (Å²) in [5.74, 6) is 0.0754. The van der Waals surface area contributed by atoms with Crippen LogP contribution >= 0.6 is 11.3 Å². The molecule has 0 N–H and O–H groups in total. The summed E-state index contributed by atoms with van der Waals surface area (Å²) < 4.78 is 24.5. The first kappa shape index (κ1) is 10.8. The van der Waals surface area contributed by atoms with Crippen LogP contribution in [0, 0.1) is 0 Å². The molecule has 15 heavy (non-hydrogen) atoms. The summed E-state index contributed by atoms with van der Waals surface area (Å²) in [6, 6.07) is 3.33. The zero-order valence-corrected chi connectivity index (χ0v) is 9.81. The summed E-state index contributed by atoms with van der Waals surface area (Å²) in [5.41, 5.74) is 0. The Morgan fingerprint density at radius 2 is 2.20 bits per heavy atom. The van der Waals surface area contributed by atoms with Gasteiger partial charge in [-0.2, -0.15) is 0 Å². The van der Waals surface area contributed by atoms with Crippen LogP contribution in [0.15, 0.2) is 21.7 Å². The van der Waals surface area contributed by atoms with E-state index in [1.54, 1.807) is 17.5 Å². The van der Waals surface area contributed by atoms with Gasteiger partial charge in [-0.3, -0.25) is 4.79 Å². The van der Waals surface area contributed by atoms with Crippen molar-refractivity contribution in [3.63, 3.8) is 0 Å². The standard InChI is InChI=1S/C10H12O3S2/c11-8-3-1-4-9(7-8)15(12,13)10-5-2-6-14-10/h2,5-6,9H,1,3-4,7H2. The van der Waals surface area contributed by atoms with E-state index in [4.69, 9.17) is 0 Å². The summed E-state index contributed by atoms with van der Waals surface area (Å²) >= 11 is 1.23. The molecule has 1 atom stereocenters. The highest BCUT2D eigenvalue weighted by Gasteiger charge is 2.32. The molecular formula is C10H12O3S2. The SMILES string of the molecule is O=C1CCCC(S(=O)(=O)c2cccs2)C1. The molecule has 5 heteroatoms. The van der Waals surface area contributed by atoms with Gasteiger partial charge < -0.3 is 0 Å². The maximum atomic E-state index is 12.1. The van der Waals surface area contributed by atoms with E-state index >= 15 is 0 Å². The summed E-state index contributed by atoms with van der Waals surface area (Å²) in [7, 11) is -3.25. The van der Waals surface area contributed by atoms with Gasteiger partial charge in [0.05, 0.1) is 5.25 Å². The number of carbonyl (C=O) groups excluding carboxylic acids is 1. The van der Waals surface area contributed by atoms with Gasteiger partial charge >= 0.3 is 0 Å². The van der Waals surface area contributed by atoms with Gasteiger partial charge in [-0.25, -0.2) is 8.42 Å². The molecule has 1 aromatic rings. The van der Waals surface area contributed by atoms with E-state index in [0.29, 0.717) is 23.5 Å². The predicted molar refractivity (Wildman–Crippen MR) is 58.8 cm³/mol. The lowest BCUT2D eigenvalue weighted by Gasteiger charge is -2.19. The van der Waals surface area contributed by atoms with Crippen molar-refractivity contribution in [3.8, 4) is 0 Å².